The number of carbonyl (C=O) groups excluding carboxylic acids is 2. The fourth-order valence-electron chi connectivity index (χ4n) is 0.393. The topological polar surface area (TPSA) is 58.2 Å². The van der Waals surface area contributed by atoms with E-state index < -0.39 is 0 Å². The van der Waals surface area contributed by atoms with Gasteiger partial charge in [0.05, 0.1) is 6.04 Å². The van der Waals surface area contributed by atoms with Crippen LogP contribution in [-0.2, 0) is 9.59 Å². The van der Waals surface area contributed by atoms with Crippen molar-refractivity contribution in [3.05, 3.63) is 0 Å². The second-order valence-electron chi connectivity index (χ2n) is 1.56. The van der Waals surface area contributed by atoms with E-state index >= 15 is 0 Å². The average Bonchev–Trinajstić information content (AvgIpc) is 1.91. The minimum atomic E-state index is -0.268. The zero-order chi connectivity index (χ0) is 7.11. The number of aldehydes is 1. The zero-order valence-electron chi connectivity index (χ0n) is 5.26. The van der Waals surface area contributed by atoms with Gasteiger partial charge in [-0.25, -0.2) is 0 Å². The van der Waals surface area contributed by atoms with E-state index in [-0.39, 0.29) is 6.04 Å². The Labute approximate surface area is 53.6 Å². The lowest BCUT2D eigenvalue weighted by Crippen LogP contribution is -2.37. The first-order valence-electron chi connectivity index (χ1n) is 2.64. The van der Waals surface area contributed by atoms with E-state index in [2.05, 4.69) is 10.6 Å². The van der Waals surface area contributed by atoms with Crippen LogP contribution >= 0.6 is 0 Å². The van der Waals surface area contributed by atoms with Crippen LogP contribution in [0.4, 0.5) is 0 Å². The van der Waals surface area contributed by atoms with Gasteiger partial charge in [-0.3, -0.25) is 4.79 Å². The van der Waals surface area contributed by atoms with Crippen LogP contribution in [0, 0.1) is 0 Å². The molecular weight excluding hydrogens is 120 g/mol. The standard InChI is InChI=1S/C5H10N2O2/c1-6-5(3-8)2-7-4-9/h3-6H,2H2,1H3,(H,7,9). The largest absolute Gasteiger partial charge is 0.357 e. The summed E-state index contributed by atoms with van der Waals surface area (Å²) in [6, 6.07) is -0.268. The third kappa shape index (κ3) is 3.66. The minimum absolute atomic E-state index is 0.268. The molecule has 0 aromatic heterocycles. The normalized spacial score (nSPS) is 12.1. The first-order chi connectivity index (χ1) is 4.35. The molecule has 0 aliphatic carbocycles. The van der Waals surface area contributed by atoms with Crippen molar-refractivity contribution in [1.82, 2.24) is 10.6 Å². The fourth-order valence-corrected chi connectivity index (χ4v) is 0.393. The van der Waals surface area contributed by atoms with Crippen LogP contribution in [0.5, 0.6) is 0 Å². The monoisotopic (exact) mass is 130 g/mol. The van der Waals surface area contributed by atoms with E-state index in [1.807, 2.05) is 0 Å². The Morgan fingerprint density at radius 3 is 2.56 bits per heavy atom. The van der Waals surface area contributed by atoms with Crippen molar-refractivity contribution in [2.75, 3.05) is 13.6 Å². The van der Waals surface area contributed by atoms with Crippen molar-refractivity contribution in [3.8, 4) is 0 Å². The zero-order valence-corrected chi connectivity index (χ0v) is 5.26. The maximum absolute atomic E-state index is 10.0. The molecule has 0 rings (SSSR count). The van der Waals surface area contributed by atoms with Crippen molar-refractivity contribution in [1.29, 1.82) is 0 Å². The summed E-state index contributed by atoms with van der Waals surface area (Å²) >= 11 is 0. The molecule has 1 unspecified atom stereocenters. The molecule has 0 heterocycles. The number of carbonyl (C=O) groups is 2. The van der Waals surface area contributed by atoms with Gasteiger partial charge in [0.25, 0.3) is 0 Å². The van der Waals surface area contributed by atoms with Gasteiger partial charge >= 0.3 is 0 Å². The molecule has 0 radical (unpaired) electrons. The molecule has 4 nitrogen and oxygen atoms in total. The van der Waals surface area contributed by atoms with Crippen LogP contribution in [0.25, 0.3) is 0 Å². The van der Waals surface area contributed by atoms with E-state index in [1.165, 1.54) is 0 Å². The van der Waals surface area contributed by atoms with Crippen LogP contribution in [0.1, 0.15) is 0 Å². The number of hydrogen-bond acceptors (Lipinski definition) is 3. The number of likely N-dealkylation sites (N-methyl/N-ethyl adjacent to an activating group) is 1. The Morgan fingerprint density at radius 2 is 2.22 bits per heavy atom. The number of rotatable bonds is 5. The summed E-state index contributed by atoms with van der Waals surface area (Å²) < 4.78 is 0. The van der Waals surface area contributed by atoms with Crippen LogP contribution in [0.2, 0.25) is 0 Å². The first-order valence-corrected chi connectivity index (χ1v) is 2.64. The lowest BCUT2D eigenvalue weighted by atomic mass is 10.3. The van der Waals surface area contributed by atoms with Crippen LogP contribution < -0.4 is 10.6 Å². The molecule has 52 valence electrons. The molecule has 1 atom stereocenters. The van der Waals surface area contributed by atoms with Gasteiger partial charge < -0.3 is 15.4 Å². The van der Waals surface area contributed by atoms with Gasteiger partial charge in [-0.1, -0.05) is 0 Å². The van der Waals surface area contributed by atoms with Crippen molar-refractivity contribution >= 4 is 12.7 Å². The molecule has 9 heavy (non-hydrogen) atoms. The predicted molar refractivity (Wildman–Crippen MR) is 33.0 cm³/mol. The molecule has 0 saturated heterocycles. The van der Waals surface area contributed by atoms with E-state index in [4.69, 9.17) is 0 Å². The second-order valence-corrected chi connectivity index (χ2v) is 1.56. The summed E-state index contributed by atoms with van der Waals surface area (Å²) in [4.78, 5) is 19.7. The van der Waals surface area contributed by atoms with E-state index in [0.29, 0.717) is 13.0 Å². The Hall–Kier alpha value is -0.900. The molecule has 0 aliphatic rings. The average molecular weight is 130 g/mol. The van der Waals surface area contributed by atoms with Gasteiger partial charge in [-0.2, -0.15) is 0 Å². The van der Waals surface area contributed by atoms with E-state index in [9.17, 15) is 9.59 Å². The minimum Gasteiger partial charge on any atom is -0.357 e. The lowest BCUT2D eigenvalue weighted by molar-refractivity contribution is -0.110. The second kappa shape index (κ2) is 5.24. The summed E-state index contributed by atoms with van der Waals surface area (Å²) in [5.41, 5.74) is 0. The molecule has 0 fully saturated rings. The van der Waals surface area contributed by atoms with Crippen molar-refractivity contribution in [3.63, 3.8) is 0 Å². The van der Waals surface area contributed by atoms with Gasteiger partial charge in [0, 0.05) is 6.54 Å². The first kappa shape index (κ1) is 8.10. The molecule has 4 heteroatoms. The molecule has 0 aromatic rings. The van der Waals surface area contributed by atoms with E-state index in [0.717, 1.165) is 6.29 Å². The molecule has 0 bridgehead atoms. The molecule has 2 N–H and O–H groups in total. The van der Waals surface area contributed by atoms with E-state index in [1.54, 1.807) is 7.05 Å². The highest BCUT2D eigenvalue weighted by molar-refractivity contribution is 5.59. The van der Waals surface area contributed by atoms with Crippen molar-refractivity contribution in [2.45, 2.75) is 6.04 Å². The number of nitrogens with one attached hydrogen (secondary N) is 2. The Kier molecular flexibility index (Phi) is 4.72. The summed E-state index contributed by atoms with van der Waals surface area (Å²) in [5, 5.41) is 5.07. The molecule has 1 amide bonds. The van der Waals surface area contributed by atoms with Crippen LogP contribution in [-0.4, -0.2) is 32.3 Å². The Morgan fingerprint density at radius 1 is 1.56 bits per heavy atom. The molecule has 0 saturated carbocycles. The Bertz CT molecular complexity index is 95.0. The number of hydrogen-bond donors (Lipinski definition) is 2. The Balaban J connectivity index is 3.30. The molecule has 0 spiro atoms. The fraction of sp³-hybridized carbons (Fsp3) is 0.600. The van der Waals surface area contributed by atoms with Crippen LogP contribution in [0.15, 0.2) is 0 Å². The van der Waals surface area contributed by atoms with Gasteiger partial charge in [0.2, 0.25) is 6.41 Å². The quantitative estimate of drug-likeness (QED) is 0.446. The summed E-state index contributed by atoms with van der Waals surface area (Å²) in [6.07, 6.45) is 1.31. The lowest BCUT2D eigenvalue weighted by Gasteiger charge is -2.05. The highest BCUT2D eigenvalue weighted by Gasteiger charge is 1.99. The summed E-state index contributed by atoms with van der Waals surface area (Å²) in [7, 11) is 1.66. The summed E-state index contributed by atoms with van der Waals surface area (Å²) in [5.74, 6) is 0. The van der Waals surface area contributed by atoms with Crippen LogP contribution in [0.3, 0.4) is 0 Å². The molecule has 0 aliphatic heterocycles. The summed E-state index contributed by atoms with van der Waals surface area (Å²) in [6.45, 7) is 0.351. The van der Waals surface area contributed by atoms with Crippen molar-refractivity contribution in [2.24, 2.45) is 0 Å². The maximum atomic E-state index is 10.0. The highest BCUT2D eigenvalue weighted by atomic mass is 16.1. The van der Waals surface area contributed by atoms with Gasteiger partial charge in [-0.15, -0.1) is 0 Å². The molecule has 0 aromatic carbocycles. The van der Waals surface area contributed by atoms with Gasteiger partial charge in [0.1, 0.15) is 6.29 Å². The third-order valence-corrected chi connectivity index (χ3v) is 0.956. The molecular formula is C5H10N2O2. The third-order valence-electron chi connectivity index (χ3n) is 0.956. The van der Waals surface area contributed by atoms with Crippen molar-refractivity contribution < 1.29 is 9.59 Å². The number of amides is 1. The maximum Gasteiger partial charge on any atom is 0.207 e. The van der Waals surface area contributed by atoms with Gasteiger partial charge in [0.15, 0.2) is 0 Å². The van der Waals surface area contributed by atoms with Gasteiger partial charge in [-0.05, 0) is 7.05 Å². The highest BCUT2D eigenvalue weighted by Crippen LogP contribution is 1.68. The smallest absolute Gasteiger partial charge is 0.207 e. The predicted octanol–water partition coefficient (Wildman–Crippen LogP) is -1.48. The SMILES string of the molecule is CNC(C=O)CNC=O.